The van der Waals surface area contributed by atoms with E-state index in [2.05, 4.69) is 22.1 Å². The molecule has 1 aliphatic heterocycles. The van der Waals surface area contributed by atoms with Crippen LogP contribution in [0.3, 0.4) is 0 Å². The van der Waals surface area contributed by atoms with Crippen LogP contribution in [0.5, 0.6) is 5.88 Å². The molecule has 0 N–H and O–H groups in total. The Morgan fingerprint density at radius 2 is 2.00 bits per heavy atom. The van der Waals surface area contributed by atoms with E-state index in [-0.39, 0.29) is 17.4 Å². The van der Waals surface area contributed by atoms with Gasteiger partial charge in [0.15, 0.2) is 5.69 Å². The number of thioether (sulfide) groups is 1. The third-order valence-corrected chi connectivity index (χ3v) is 6.20. The summed E-state index contributed by atoms with van der Waals surface area (Å²) < 4.78 is 21.1. The summed E-state index contributed by atoms with van der Waals surface area (Å²) in [5.74, 6) is 0.368. The molecule has 0 spiro atoms. The van der Waals surface area contributed by atoms with Gasteiger partial charge in [-0.25, -0.2) is 4.39 Å². The van der Waals surface area contributed by atoms with E-state index in [0.717, 1.165) is 29.7 Å². The molecule has 2 aromatic carbocycles. The summed E-state index contributed by atoms with van der Waals surface area (Å²) in [4.78, 5) is 19.0. The maximum atomic E-state index is 14.9. The third kappa shape index (κ3) is 4.19. The molecule has 0 saturated carbocycles. The number of unbranched alkanes of at least 4 members (excludes halogenated alkanes) is 1. The van der Waals surface area contributed by atoms with Crippen LogP contribution in [0.4, 0.5) is 10.1 Å². The predicted octanol–water partition coefficient (Wildman–Crippen LogP) is 5.63. The van der Waals surface area contributed by atoms with Crippen molar-refractivity contribution in [3.8, 4) is 17.1 Å². The number of aromatic nitrogens is 3. The molecule has 1 aromatic heterocycles. The quantitative estimate of drug-likeness (QED) is 0.369. The van der Waals surface area contributed by atoms with Gasteiger partial charge in [-0.3, -0.25) is 9.69 Å². The van der Waals surface area contributed by atoms with Crippen molar-refractivity contribution in [2.75, 3.05) is 10.7 Å². The summed E-state index contributed by atoms with van der Waals surface area (Å²) in [5.41, 5.74) is 3.87. The van der Waals surface area contributed by atoms with E-state index in [0.29, 0.717) is 22.1 Å². The molecule has 1 amide bonds. The highest BCUT2D eigenvalue weighted by Gasteiger charge is 2.37. The number of rotatable bonds is 5. The van der Waals surface area contributed by atoms with E-state index >= 15 is 0 Å². The topological polar surface area (TPSA) is 68.2 Å². The number of hydrogen-bond donors (Lipinski definition) is 0. The van der Waals surface area contributed by atoms with Gasteiger partial charge in [0, 0.05) is 23.8 Å². The summed E-state index contributed by atoms with van der Waals surface area (Å²) in [5, 5.41) is 9.22. The number of carbonyl (C=O) groups is 1. The summed E-state index contributed by atoms with van der Waals surface area (Å²) in [6.07, 6.45) is 1.07. The van der Waals surface area contributed by atoms with Gasteiger partial charge in [0.05, 0.1) is 5.69 Å². The van der Waals surface area contributed by atoms with Crippen molar-refractivity contribution in [2.45, 2.75) is 51.9 Å². The van der Waals surface area contributed by atoms with Crippen molar-refractivity contribution in [2.24, 2.45) is 0 Å². The molecule has 1 unspecified atom stereocenters. The maximum Gasteiger partial charge on any atom is 0.247 e. The Labute approximate surface area is 191 Å². The van der Waals surface area contributed by atoms with Crippen LogP contribution in [0, 0.1) is 19.7 Å². The molecule has 8 heteroatoms. The Morgan fingerprint density at radius 1 is 1.22 bits per heavy atom. The Morgan fingerprint density at radius 3 is 2.72 bits per heavy atom. The number of benzene rings is 2. The molecule has 1 aliphatic rings. The van der Waals surface area contributed by atoms with Crippen molar-refractivity contribution in [1.82, 2.24) is 15.2 Å². The lowest BCUT2D eigenvalue weighted by atomic mass is 10.00. The average molecular weight is 453 g/mol. The second-order valence-corrected chi connectivity index (χ2v) is 8.87. The fourth-order valence-electron chi connectivity index (χ4n) is 3.85. The predicted molar refractivity (Wildman–Crippen MR) is 123 cm³/mol. The molecule has 6 nitrogen and oxygen atoms in total. The van der Waals surface area contributed by atoms with Gasteiger partial charge in [0.2, 0.25) is 23.2 Å². The first-order valence-electron chi connectivity index (χ1n) is 10.6. The molecule has 32 heavy (non-hydrogen) atoms. The van der Waals surface area contributed by atoms with E-state index in [1.165, 1.54) is 29.7 Å². The first kappa shape index (κ1) is 22.2. The van der Waals surface area contributed by atoms with E-state index in [1.54, 1.807) is 18.2 Å². The van der Waals surface area contributed by atoms with Gasteiger partial charge in [0.1, 0.15) is 5.82 Å². The van der Waals surface area contributed by atoms with Gasteiger partial charge in [-0.2, -0.15) is 4.98 Å². The highest BCUT2D eigenvalue weighted by molar-refractivity contribution is 7.99. The van der Waals surface area contributed by atoms with Crippen LogP contribution in [-0.4, -0.2) is 26.8 Å². The summed E-state index contributed by atoms with van der Waals surface area (Å²) in [6.45, 7) is 7.46. The van der Waals surface area contributed by atoms with Crippen LogP contribution in [0.1, 0.15) is 49.6 Å². The number of nitrogens with zero attached hydrogens (tertiary/aromatic N) is 4. The number of hydrogen-bond acceptors (Lipinski definition) is 6. The number of carbonyl (C=O) groups excluding carboxylic acids is 1. The zero-order valence-corrected chi connectivity index (χ0v) is 19.4. The van der Waals surface area contributed by atoms with Crippen molar-refractivity contribution < 1.29 is 13.9 Å². The lowest BCUT2D eigenvalue weighted by molar-refractivity contribution is -0.118. The highest BCUT2D eigenvalue weighted by Crippen LogP contribution is 2.45. The molecule has 0 bridgehead atoms. The zero-order valence-electron chi connectivity index (χ0n) is 18.6. The number of aryl methyl sites for hydroxylation is 2. The van der Waals surface area contributed by atoms with E-state index in [4.69, 9.17) is 4.74 Å². The Kier molecular flexibility index (Phi) is 6.41. The molecule has 4 rings (SSSR count). The average Bonchev–Trinajstić information content (AvgIpc) is 2.89. The summed E-state index contributed by atoms with van der Waals surface area (Å²) in [7, 11) is 0. The molecule has 1 atom stereocenters. The normalized spacial score (nSPS) is 14.9. The van der Waals surface area contributed by atoms with Crippen LogP contribution in [0.2, 0.25) is 0 Å². The van der Waals surface area contributed by atoms with Crippen LogP contribution >= 0.6 is 11.8 Å². The molecule has 0 aliphatic carbocycles. The van der Waals surface area contributed by atoms with Gasteiger partial charge < -0.3 is 4.74 Å². The lowest BCUT2D eigenvalue weighted by Crippen LogP contribution is -2.37. The number of anilines is 1. The van der Waals surface area contributed by atoms with Crippen LogP contribution < -0.4 is 9.64 Å². The second kappa shape index (κ2) is 9.24. The minimum Gasteiger partial charge on any atom is -0.447 e. The fourth-order valence-corrected chi connectivity index (χ4v) is 4.72. The SMILES string of the molecule is CCCCSc1nnc2c(n1)OC(c1ccccc1F)N(C(C)=O)c1c(C)cc(C)cc1-2. The lowest BCUT2D eigenvalue weighted by Gasteiger charge is -2.31. The van der Waals surface area contributed by atoms with Crippen molar-refractivity contribution in [3.63, 3.8) is 0 Å². The van der Waals surface area contributed by atoms with Crippen LogP contribution in [0.15, 0.2) is 41.6 Å². The highest BCUT2D eigenvalue weighted by atomic mass is 32.2. The Balaban J connectivity index is 1.94. The van der Waals surface area contributed by atoms with Gasteiger partial charge in [-0.05, 0) is 38.0 Å². The van der Waals surface area contributed by atoms with Gasteiger partial charge in [-0.1, -0.05) is 54.9 Å². The standard InChI is InChI=1S/C24H25FN4O2S/c1-5-6-11-32-24-26-22-20(27-28-24)18-13-14(2)12-15(3)21(18)29(16(4)30)23(31-22)17-9-7-8-10-19(17)25/h7-10,12-13,23H,5-6,11H2,1-4H3. The number of amides is 1. The Hall–Kier alpha value is -3.00. The maximum absolute atomic E-state index is 14.9. The zero-order chi connectivity index (χ0) is 22.8. The summed E-state index contributed by atoms with van der Waals surface area (Å²) in [6, 6.07) is 10.2. The largest absolute Gasteiger partial charge is 0.447 e. The van der Waals surface area contributed by atoms with E-state index < -0.39 is 12.0 Å². The molecule has 3 aromatic rings. The number of ether oxygens (including phenoxy) is 1. The molecular formula is C24H25FN4O2S. The monoisotopic (exact) mass is 452 g/mol. The minimum absolute atomic E-state index is 0.238. The third-order valence-electron chi connectivity index (χ3n) is 5.27. The van der Waals surface area contributed by atoms with Crippen LogP contribution in [0.25, 0.3) is 11.3 Å². The van der Waals surface area contributed by atoms with Crippen molar-refractivity contribution >= 4 is 23.4 Å². The van der Waals surface area contributed by atoms with Crippen molar-refractivity contribution in [1.29, 1.82) is 0 Å². The number of halogens is 1. The van der Waals surface area contributed by atoms with Crippen LogP contribution in [-0.2, 0) is 4.79 Å². The number of fused-ring (bicyclic) bond motifs is 3. The molecule has 0 saturated heterocycles. The smallest absolute Gasteiger partial charge is 0.247 e. The first-order valence-corrected chi connectivity index (χ1v) is 11.6. The minimum atomic E-state index is -1.03. The molecule has 2 heterocycles. The molecule has 0 fully saturated rings. The van der Waals surface area contributed by atoms with E-state index in [9.17, 15) is 9.18 Å². The summed E-state index contributed by atoms with van der Waals surface area (Å²) >= 11 is 1.50. The second-order valence-electron chi connectivity index (χ2n) is 7.81. The van der Waals surface area contributed by atoms with Gasteiger partial charge in [0.25, 0.3) is 0 Å². The van der Waals surface area contributed by atoms with Gasteiger partial charge in [-0.15, -0.1) is 10.2 Å². The molecular weight excluding hydrogens is 427 g/mol. The molecule has 166 valence electrons. The Bertz CT molecular complexity index is 1170. The first-order chi connectivity index (χ1) is 15.4. The molecule has 0 radical (unpaired) electrons. The van der Waals surface area contributed by atoms with Gasteiger partial charge >= 0.3 is 0 Å². The van der Waals surface area contributed by atoms with Crippen molar-refractivity contribution in [3.05, 3.63) is 58.9 Å². The fraction of sp³-hybridized carbons (Fsp3) is 0.333. The van der Waals surface area contributed by atoms with E-state index in [1.807, 2.05) is 26.0 Å².